The lowest BCUT2D eigenvalue weighted by atomic mass is 10.1. The van der Waals surface area contributed by atoms with Crippen molar-refractivity contribution in [1.82, 2.24) is 0 Å². The SMILES string of the molecule is COC(=O)Nc1cc(NC(=O)c2sc3cccc(F)c3c2COc2ccccc2)ccc1F. The smallest absolute Gasteiger partial charge is 0.411 e. The maximum atomic E-state index is 14.7. The number of amides is 2. The molecule has 9 heteroatoms. The van der Waals surface area contributed by atoms with E-state index in [1.165, 1.54) is 18.2 Å². The molecule has 0 spiro atoms. The second-order valence-electron chi connectivity index (χ2n) is 6.89. The van der Waals surface area contributed by atoms with E-state index in [-0.39, 0.29) is 22.9 Å². The summed E-state index contributed by atoms with van der Waals surface area (Å²) in [5.74, 6) is -1.09. The number of benzene rings is 3. The van der Waals surface area contributed by atoms with Gasteiger partial charge in [0.15, 0.2) is 0 Å². The molecule has 3 aromatic carbocycles. The molecular weight excluding hydrogens is 450 g/mol. The normalized spacial score (nSPS) is 10.6. The Balaban J connectivity index is 1.65. The standard InChI is InChI=1S/C24H18F2N2O4S/c1-31-24(30)28-19-12-14(10-11-17(19)25)27-23(29)22-16(13-32-15-6-3-2-4-7-15)21-18(26)8-5-9-20(21)33-22/h2-12H,13H2,1H3,(H,27,29)(H,28,30). The van der Waals surface area contributed by atoms with E-state index < -0.39 is 23.6 Å². The van der Waals surface area contributed by atoms with Crippen LogP contribution in [0.25, 0.3) is 10.1 Å². The van der Waals surface area contributed by atoms with Crippen molar-refractivity contribution in [2.75, 3.05) is 17.7 Å². The van der Waals surface area contributed by atoms with Gasteiger partial charge < -0.3 is 14.8 Å². The van der Waals surface area contributed by atoms with E-state index in [1.54, 1.807) is 24.3 Å². The molecule has 0 fully saturated rings. The molecule has 0 aliphatic heterocycles. The first-order valence-electron chi connectivity index (χ1n) is 9.80. The number of ether oxygens (including phenoxy) is 2. The zero-order valence-electron chi connectivity index (χ0n) is 17.4. The molecule has 4 aromatic rings. The van der Waals surface area contributed by atoms with Crippen molar-refractivity contribution in [3.63, 3.8) is 0 Å². The third kappa shape index (κ3) is 4.93. The number of fused-ring (bicyclic) bond motifs is 1. The average molecular weight is 468 g/mol. The van der Waals surface area contributed by atoms with Crippen LogP contribution in [0.5, 0.6) is 5.75 Å². The largest absolute Gasteiger partial charge is 0.489 e. The summed E-state index contributed by atoms with van der Waals surface area (Å²) in [5.41, 5.74) is 0.486. The Morgan fingerprint density at radius 1 is 0.939 bits per heavy atom. The summed E-state index contributed by atoms with van der Waals surface area (Å²) in [6.45, 7) is -0.0216. The van der Waals surface area contributed by atoms with Gasteiger partial charge in [-0.1, -0.05) is 24.3 Å². The molecule has 0 saturated heterocycles. The predicted octanol–water partition coefficient (Wildman–Crippen LogP) is 6.19. The zero-order valence-corrected chi connectivity index (χ0v) is 18.2. The molecule has 0 bridgehead atoms. The molecular formula is C24H18F2N2O4S. The van der Waals surface area contributed by atoms with E-state index in [9.17, 15) is 18.4 Å². The summed E-state index contributed by atoms with van der Waals surface area (Å²) >= 11 is 1.13. The summed E-state index contributed by atoms with van der Waals surface area (Å²) in [6, 6.07) is 17.3. The molecule has 1 heterocycles. The van der Waals surface area contributed by atoms with Gasteiger partial charge in [-0.15, -0.1) is 11.3 Å². The van der Waals surface area contributed by atoms with Crippen LogP contribution in [-0.4, -0.2) is 19.1 Å². The molecule has 0 unspecified atom stereocenters. The fourth-order valence-electron chi connectivity index (χ4n) is 3.21. The number of hydrogen-bond acceptors (Lipinski definition) is 5. The molecule has 0 radical (unpaired) electrons. The summed E-state index contributed by atoms with van der Waals surface area (Å²) < 4.78 is 39.5. The molecule has 2 amide bonds. The highest BCUT2D eigenvalue weighted by Gasteiger charge is 2.22. The summed E-state index contributed by atoms with van der Waals surface area (Å²) in [5, 5.41) is 5.22. The van der Waals surface area contributed by atoms with Crippen LogP contribution in [0.3, 0.4) is 0 Å². The van der Waals surface area contributed by atoms with E-state index in [2.05, 4.69) is 15.4 Å². The predicted molar refractivity (Wildman–Crippen MR) is 123 cm³/mol. The number of carbonyl (C=O) groups excluding carboxylic acids is 2. The number of carbonyl (C=O) groups is 2. The number of rotatable bonds is 6. The summed E-state index contributed by atoms with van der Waals surface area (Å²) in [7, 11) is 1.15. The Morgan fingerprint density at radius 2 is 1.73 bits per heavy atom. The van der Waals surface area contributed by atoms with Crippen molar-refractivity contribution in [3.05, 3.63) is 88.8 Å². The van der Waals surface area contributed by atoms with Crippen LogP contribution < -0.4 is 15.4 Å². The van der Waals surface area contributed by atoms with E-state index in [4.69, 9.17) is 4.74 Å². The van der Waals surface area contributed by atoms with Gasteiger partial charge in [-0.05, 0) is 42.5 Å². The lowest BCUT2D eigenvalue weighted by Crippen LogP contribution is -2.15. The first kappa shape index (κ1) is 22.2. The minimum absolute atomic E-state index is 0.0216. The fraction of sp³-hybridized carbons (Fsp3) is 0.0833. The zero-order chi connectivity index (χ0) is 23.4. The quantitative estimate of drug-likeness (QED) is 0.354. The molecule has 0 aliphatic rings. The molecule has 0 atom stereocenters. The molecule has 0 aliphatic carbocycles. The van der Waals surface area contributed by atoms with Crippen molar-refractivity contribution >= 4 is 44.8 Å². The van der Waals surface area contributed by atoms with Crippen molar-refractivity contribution in [1.29, 1.82) is 0 Å². The number of para-hydroxylation sites is 1. The van der Waals surface area contributed by atoms with Crippen LogP contribution in [0.15, 0.2) is 66.7 Å². The van der Waals surface area contributed by atoms with Crippen molar-refractivity contribution in [3.8, 4) is 5.75 Å². The molecule has 0 saturated carbocycles. The van der Waals surface area contributed by atoms with Gasteiger partial charge >= 0.3 is 6.09 Å². The Bertz CT molecular complexity index is 1330. The van der Waals surface area contributed by atoms with E-state index >= 15 is 0 Å². The van der Waals surface area contributed by atoms with Gasteiger partial charge in [-0.2, -0.15) is 0 Å². The Morgan fingerprint density at radius 3 is 2.48 bits per heavy atom. The van der Waals surface area contributed by atoms with Gasteiger partial charge in [0.05, 0.1) is 12.8 Å². The molecule has 4 rings (SSSR count). The van der Waals surface area contributed by atoms with Crippen LogP contribution in [0.1, 0.15) is 15.2 Å². The lowest BCUT2D eigenvalue weighted by molar-refractivity contribution is 0.102. The lowest BCUT2D eigenvalue weighted by Gasteiger charge is -2.11. The van der Waals surface area contributed by atoms with E-state index in [0.717, 1.165) is 24.5 Å². The minimum atomic E-state index is -0.849. The number of hydrogen-bond donors (Lipinski definition) is 2. The van der Waals surface area contributed by atoms with E-state index in [1.807, 2.05) is 18.2 Å². The van der Waals surface area contributed by atoms with Crippen molar-refractivity contribution < 1.29 is 27.8 Å². The first-order valence-corrected chi connectivity index (χ1v) is 10.6. The van der Waals surface area contributed by atoms with Crippen LogP contribution in [-0.2, 0) is 11.3 Å². The highest BCUT2D eigenvalue weighted by Crippen LogP contribution is 2.35. The molecule has 33 heavy (non-hydrogen) atoms. The van der Waals surface area contributed by atoms with Gasteiger partial charge in [0, 0.05) is 21.3 Å². The molecule has 1 aromatic heterocycles. The Labute approximate surface area is 191 Å². The highest BCUT2D eigenvalue weighted by atomic mass is 32.1. The van der Waals surface area contributed by atoms with Gasteiger partial charge in [0.1, 0.15) is 28.9 Å². The molecule has 168 valence electrons. The molecule has 6 nitrogen and oxygen atoms in total. The van der Waals surface area contributed by atoms with Gasteiger partial charge in [0.25, 0.3) is 5.91 Å². The number of anilines is 2. The number of methoxy groups -OCH3 is 1. The minimum Gasteiger partial charge on any atom is -0.489 e. The van der Waals surface area contributed by atoms with Gasteiger partial charge in [-0.25, -0.2) is 13.6 Å². The van der Waals surface area contributed by atoms with Gasteiger partial charge in [-0.3, -0.25) is 10.1 Å². The number of thiophene rings is 1. The summed E-state index contributed by atoms with van der Waals surface area (Å²) in [4.78, 5) is 24.8. The summed E-state index contributed by atoms with van der Waals surface area (Å²) in [6.07, 6.45) is -0.849. The highest BCUT2D eigenvalue weighted by molar-refractivity contribution is 7.21. The topological polar surface area (TPSA) is 76.7 Å². The Hall–Kier alpha value is -3.98. The van der Waals surface area contributed by atoms with E-state index in [0.29, 0.717) is 21.4 Å². The van der Waals surface area contributed by atoms with Gasteiger partial charge in [0.2, 0.25) is 0 Å². The maximum Gasteiger partial charge on any atom is 0.411 e. The molecule has 2 N–H and O–H groups in total. The second kappa shape index (κ2) is 9.66. The first-order chi connectivity index (χ1) is 16.0. The van der Waals surface area contributed by atoms with Crippen molar-refractivity contribution in [2.24, 2.45) is 0 Å². The monoisotopic (exact) mass is 468 g/mol. The van der Waals surface area contributed by atoms with Crippen LogP contribution in [0, 0.1) is 11.6 Å². The van der Waals surface area contributed by atoms with Crippen LogP contribution in [0.4, 0.5) is 25.0 Å². The van der Waals surface area contributed by atoms with Crippen LogP contribution in [0.2, 0.25) is 0 Å². The number of nitrogens with one attached hydrogen (secondary N) is 2. The van der Waals surface area contributed by atoms with Crippen LogP contribution >= 0.6 is 11.3 Å². The fourth-order valence-corrected chi connectivity index (χ4v) is 4.33. The Kier molecular flexibility index (Phi) is 6.50. The maximum absolute atomic E-state index is 14.7. The number of halogens is 2. The average Bonchev–Trinajstić information content (AvgIpc) is 3.20. The second-order valence-corrected chi connectivity index (χ2v) is 7.94. The third-order valence-electron chi connectivity index (χ3n) is 4.74. The van der Waals surface area contributed by atoms with Crippen molar-refractivity contribution in [2.45, 2.75) is 6.61 Å². The third-order valence-corrected chi connectivity index (χ3v) is 5.94.